The van der Waals surface area contributed by atoms with Gasteiger partial charge in [0.1, 0.15) is 0 Å². The monoisotopic (exact) mass is 454 g/mol. The van der Waals surface area contributed by atoms with Crippen molar-refractivity contribution < 1.29 is 14.3 Å². The summed E-state index contributed by atoms with van der Waals surface area (Å²) < 4.78 is 5.58. The number of amides is 2. The van der Waals surface area contributed by atoms with Crippen LogP contribution in [0.5, 0.6) is 0 Å². The van der Waals surface area contributed by atoms with Gasteiger partial charge in [-0.25, -0.2) is 0 Å². The zero-order chi connectivity index (χ0) is 22.7. The maximum atomic E-state index is 13.8. The Morgan fingerprint density at radius 1 is 0.906 bits per heavy atom. The zero-order valence-corrected chi connectivity index (χ0v) is 19.6. The van der Waals surface area contributed by atoms with E-state index >= 15 is 0 Å². The van der Waals surface area contributed by atoms with Crippen LogP contribution in [-0.4, -0.2) is 61.0 Å². The molecule has 4 rings (SSSR count). The average Bonchev–Trinajstić information content (AvgIpc) is 2.84. The molecule has 2 aromatic rings. The first-order valence-electron chi connectivity index (χ1n) is 11.4. The fraction of sp³-hybridized carbons (Fsp3) is 0.462. The van der Waals surface area contributed by atoms with Crippen LogP contribution in [0.4, 0.5) is 0 Å². The minimum atomic E-state index is -0.657. The minimum Gasteiger partial charge on any atom is -0.381 e. The minimum absolute atomic E-state index is 0.0271. The van der Waals surface area contributed by atoms with E-state index in [2.05, 4.69) is 13.8 Å². The molecule has 2 aliphatic rings. The van der Waals surface area contributed by atoms with E-state index in [-0.39, 0.29) is 11.8 Å². The number of nitrogens with zero attached hydrogens (tertiary/aromatic N) is 2. The number of rotatable bonds is 4. The van der Waals surface area contributed by atoms with Crippen molar-refractivity contribution in [3.8, 4) is 0 Å². The number of benzene rings is 2. The van der Waals surface area contributed by atoms with Crippen LogP contribution in [0.15, 0.2) is 48.5 Å². The third-order valence-corrected chi connectivity index (χ3v) is 7.15. The molecule has 6 heteroatoms. The van der Waals surface area contributed by atoms with Crippen molar-refractivity contribution in [1.82, 2.24) is 9.80 Å². The first kappa shape index (κ1) is 22.8. The van der Waals surface area contributed by atoms with Gasteiger partial charge in [0.15, 0.2) is 0 Å². The van der Waals surface area contributed by atoms with Crippen molar-refractivity contribution in [2.75, 3.05) is 39.4 Å². The molecule has 32 heavy (non-hydrogen) atoms. The topological polar surface area (TPSA) is 49.9 Å². The molecule has 2 fully saturated rings. The molecule has 2 aromatic carbocycles. The van der Waals surface area contributed by atoms with Crippen LogP contribution in [0.3, 0.4) is 0 Å². The van der Waals surface area contributed by atoms with Crippen LogP contribution in [0.1, 0.15) is 54.1 Å². The molecular weight excluding hydrogens is 424 g/mol. The van der Waals surface area contributed by atoms with Crippen LogP contribution in [0.25, 0.3) is 0 Å². The van der Waals surface area contributed by atoms with Crippen molar-refractivity contribution in [3.05, 3.63) is 70.2 Å². The van der Waals surface area contributed by atoms with Crippen LogP contribution in [-0.2, 0) is 14.9 Å². The first-order chi connectivity index (χ1) is 15.4. The van der Waals surface area contributed by atoms with Gasteiger partial charge in [0.25, 0.3) is 5.91 Å². The second-order valence-electron chi connectivity index (χ2n) is 9.04. The van der Waals surface area contributed by atoms with E-state index in [4.69, 9.17) is 16.3 Å². The van der Waals surface area contributed by atoms with E-state index in [0.717, 1.165) is 5.56 Å². The van der Waals surface area contributed by atoms with Gasteiger partial charge in [-0.15, -0.1) is 0 Å². The normalized spacial score (nSPS) is 18.6. The Morgan fingerprint density at radius 2 is 1.50 bits per heavy atom. The van der Waals surface area contributed by atoms with Gasteiger partial charge < -0.3 is 14.5 Å². The van der Waals surface area contributed by atoms with E-state index in [0.29, 0.717) is 68.7 Å². The first-order valence-corrected chi connectivity index (χ1v) is 11.8. The zero-order valence-electron chi connectivity index (χ0n) is 18.9. The number of hydrogen-bond acceptors (Lipinski definition) is 3. The molecular formula is C26H31ClN2O3. The SMILES string of the molecule is CC(C)c1ccc(C(=O)N2CCN(C(=O)C3(c4ccccc4Cl)CCOCC3)CC2)cc1. The highest BCUT2D eigenvalue weighted by Gasteiger charge is 2.45. The lowest BCUT2D eigenvalue weighted by Gasteiger charge is -2.43. The quantitative estimate of drug-likeness (QED) is 0.683. The molecule has 0 atom stereocenters. The standard InChI is InChI=1S/C26H31ClN2O3/c1-19(2)20-7-9-21(10-8-20)24(30)28-13-15-29(16-14-28)25(31)26(11-17-32-18-12-26)22-5-3-4-6-23(22)27/h3-10,19H,11-18H2,1-2H3. The molecule has 0 bridgehead atoms. The van der Waals surface area contributed by atoms with Crippen molar-refractivity contribution in [2.45, 2.75) is 38.0 Å². The maximum Gasteiger partial charge on any atom is 0.253 e. The molecule has 0 unspecified atom stereocenters. The van der Waals surface area contributed by atoms with Gasteiger partial charge in [-0.3, -0.25) is 9.59 Å². The fourth-order valence-electron chi connectivity index (χ4n) is 4.78. The lowest BCUT2D eigenvalue weighted by atomic mass is 9.72. The largest absolute Gasteiger partial charge is 0.381 e. The van der Waals surface area contributed by atoms with Gasteiger partial charge in [0, 0.05) is 50.0 Å². The van der Waals surface area contributed by atoms with E-state index in [1.807, 2.05) is 58.3 Å². The molecule has 5 nitrogen and oxygen atoms in total. The van der Waals surface area contributed by atoms with Crippen LogP contribution in [0, 0.1) is 0 Å². The predicted octanol–water partition coefficient (Wildman–Crippen LogP) is 4.50. The Hall–Kier alpha value is -2.37. The number of halogens is 1. The summed E-state index contributed by atoms with van der Waals surface area (Å²) in [6, 6.07) is 15.5. The number of ether oxygens (including phenoxy) is 1. The molecule has 2 aliphatic heterocycles. The fourth-order valence-corrected chi connectivity index (χ4v) is 5.09. The second kappa shape index (κ2) is 9.63. The van der Waals surface area contributed by atoms with Crippen LogP contribution in [0.2, 0.25) is 5.02 Å². The van der Waals surface area contributed by atoms with Gasteiger partial charge in [0.2, 0.25) is 5.91 Å². The number of piperazine rings is 1. The summed E-state index contributed by atoms with van der Waals surface area (Å²) in [5.74, 6) is 0.561. The lowest BCUT2D eigenvalue weighted by Crippen LogP contribution is -2.56. The Kier molecular flexibility index (Phi) is 6.87. The van der Waals surface area contributed by atoms with E-state index in [1.54, 1.807) is 0 Å². The molecule has 0 spiro atoms. The summed E-state index contributed by atoms with van der Waals surface area (Å²) in [6.07, 6.45) is 1.24. The molecule has 0 radical (unpaired) electrons. The summed E-state index contributed by atoms with van der Waals surface area (Å²) in [5, 5.41) is 0.626. The molecule has 170 valence electrons. The highest BCUT2D eigenvalue weighted by molar-refractivity contribution is 6.31. The highest BCUT2D eigenvalue weighted by Crippen LogP contribution is 2.40. The second-order valence-corrected chi connectivity index (χ2v) is 9.44. The molecule has 0 saturated carbocycles. The van der Waals surface area contributed by atoms with Gasteiger partial charge in [-0.05, 0) is 48.1 Å². The summed E-state index contributed by atoms with van der Waals surface area (Å²) in [7, 11) is 0. The summed E-state index contributed by atoms with van der Waals surface area (Å²) in [4.78, 5) is 30.5. The van der Waals surface area contributed by atoms with E-state index < -0.39 is 5.41 Å². The van der Waals surface area contributed by atoms with Crippen LogP contribution >= 0.6 is 11.6 Å². The van der Waals surface area contributed by atoms with Crippen LogP contribution < -0.4 is 0 Å². The Morgan fingerprint density at radius 3 is 2.09 bits per heavy atom. The maximum absolute atomic E-state index is 13.8. The molecule has 2 heterocycles. The van der Waals surface area contributed by atoms with E-state index in [1.165, 1.54) is 5.56 Å². The average molecular weight is 455 g/mol. The number of hydrogen-bond donors (Lipinski definition) is 0. The highest BCUT2D eigenvalue weighted by atomic mass is 35.5. The summed E-state index contributed by atoms with van der Waals surface area (Å²) in [5.41, 5.74) is 2.15. The van der Waals surface area contributed by atoms with Crippen molar-refractivity contribution in [3.63, 3.8) is 0 Å². The molecule has 0 aromatic heterocycles. The molecule has 0 N–H and O–H groups in total. The lowest BCUT2D eigenvalue weighted by molar-refractivity contribution is -0.142. The Labute approximate surface area is 195 Å². The van der Waals surface area contributed by atoms with Gasteiger partial charge in [0.05, 0.1) is 5.41 Å². The Balaban J connectivity index is 1.46. The van der Waals surface area contributed by atoms with E-state index in [9.17, 15) is 9.59 Å². The summed E-state index contributed by atoms with van der Waals surface area (Å²) >= 11 is 6.53. The number of carbonyl (C=O) groups is 2. The molecule has 2 amide bonds. The Bertz CT molecular complexity index is 959. The molecule has 2 saturated heterocycles. The van der Waals surface area contributed by atoms with Crippen molar-refractivity contribution in [1.29, 1.82) is 0 Å². The predicted molar refractivity (Wildman–Crippen MR) is 126 cm³/mol. The van der Waals surface area contributed by atoms with Crippen molar-refractivity contribution >= 4 is 23.4 Å². The van der Waals surface area contributed by atoms with Gasteiger partial charge >= 0.3 is 0 Å². The van der Waals surface area contributed by atoms with Gasteiger partial charge in [-0.1, -0.05) is 55.8 Å². The third-order valence-electron chi connectivity index (χ3n) is 6.82. The third kappa shape index (κ3) is 4.41. The summed E-state index contributed by atoms with van der Waals surface area (Å²) in [6.45, 7) is 7.49. The van der Waals surface area contributed by atoms with Crippen molar-refractivity contribution in [2.24, 2.45) is 0 Å². The number of carbonyl (C=O) groups excluding carboxylic acids is 2. The molecule has 0 aliphatic carbocycles. The van der Waals surface area contributed by atoms with Gasteiger partial charge in [-0.2, -0.15) is 0 Å². The smallest absolute Gasteiger partial charge is 0.253 e.